The SMILES string of the molecule is NCCN(CC(=O)O)C(=O)Cn1cc(C#CCONC(=O)CC(N)c2ccccc2)c(=O)[nH]c1=O. The summed E-state index contributed by atoms with van der Waals surface area (Å²) in [5.41, 5.74) is 12.6. The van der Waals surface area contributed by atoms with Crippen LogP contribution < -0.4 is 28.2 Å². The molecule has 0 saturated carbocycles. The second-order valence-corrected chi connectivity index (χ2v) is 7.26. The number of nitrogens with zero attached hydrogens (tertiary/aromatic N) is 2. The van der Waals surface area contributed by atoms with E-state index in [1.807, 2.05) is 23.2 Å². The topological polar surface area (TPSA) is 203 Å². The van der Waals surface area contributed by atoms with Gasteiger partial charge in [0.2, 0.25) is 11.8 Å². The summed E-state index contributed by atoms with van der Waals surface area (Å²) < 4.78 is 0.896. The third kappa shape index (κ3) is 8.89. The highest BCUT2D eigenvalue weighted by molar-refractivity contribution is 5.81. The number of rotatable bonds is 11. The molecule has 0 saturated heterocycles. The number of nitrogens with one attached hydrogen (secondary N) is 2. The molecule has 7 N–H and O–H groups in total. The number of carbonyl (C=O) groups excluding carboxylic acids is 2. The van der Waals surface area contributed by atoms with Gasteiger partial charge in [0, 0.05) is 31.7 Å². The lowest BCUT2D eigenvalue weighted by Crippen LogP contribution is -2.43. The van der Waals surface area contributed by atoms with E-state index in [0.29, 0.717) is 0 Å². The minimum absolute atomic E-state index is 0.0147. The van der Waals surface area contributed by atoms with Crippen molar-refractivity contribution in [3.63, 3.8) is 0 Å². The average Bonchev–Trinajstić information content (AvgIpc) is 2.81. The van der Waals surface area contributed by atoms with E-state index in [1.54, 1.807) is 12.1 Å². The van der Waals surface area contributed by atoms with Crippen molar-refractivity contribution >= 4 is 17.8 Å². The maximum atomic E-state index is 12.4. The number of H-pyrrole nitrogens is 1. The maximum absolute atomic E-state index is 12.4. The molecule has 2 rings (SSSR count). The minimum atomic E-state index is -1.23. The van der Waals surface area contributed by atoms with Crippen LogP contribution in [0.1, 0.15) is 23.6 Å². The van der Waals surface area contributed by atoms with E-state index in [0.717, 1.165) is 21.2 Å². The summed E-state index contributed by atoms with van der Waals surface area (Å²) in [6.07, 6.45) is 1.06. The molecular weight excluding hydrogens is 460 g/mol. The molecule has 1 aromatic carbocycles. The van der Waals surface area contributed by atoms with Gasteiger partial charge in [-0.2, -0.15) is 0 Å². The molecule has 2 aromatic rings. The van der Waals surface area contributed by atoms with Crippen molar-refractivity contribution in [2.24, 2.45) is 11.5 Å². The highest BCUT2D eigenvalue weighted by Crippen LogP contribution is 2.12. The number of carboxylic acids is 1. The first-order valence-electron chi connectivity index (χ1n) is 10.4. The Morgan fingerprint density at radius 2 is 1.94 bits per heavy atom. The number of hydroxylamine groups is 1. The number of carboxylic acid groups (broad SMARTS) is 1. The van der Waals surface area contributed by atoms with E-state index in [2.05, 4.69) is 17.3 Å². The summed E-state index contributed by atoms with van der Waals surface area (Å²) >= 11 is 0. The number of amides is 2. The van der Waals surface area contributed by atoms with Gasteiger partial charge in [-0.1, -0.05) is 42.2 Å². The number of carbonyl (C=O) groups is 3. The summed E-state index contributed by atoms with van der Waals surface area (Å²) in [6, 6.07) is 8.55. The van der Waals surface area contributed by atoms with Crippen LogP contribution in [0.3, 0.4) is 0 Å². The lowest BCUT2D eigenvalue weighted by molar-refractivity contribution is -0.144. The highest BCUT2D eigenvalue weighted by atomic mass is 16.6. The van der Waals surface area contributed by atoms with Crippen molar-refractivity contribution in [3.8, 4) is 11.8 Å². The Bertz CT molecular complexity index is 1210. The number of nitrogens with two attached hydrogens (primary N) is 2. The molecule has 1 unspecified atom stereocenters. The number of aromatic nitrogens is 2. The largest absolute Gasteiger partial charge is 0.480 e. The van der Waals surface area contributed by atoms with Gasteiger partial charge in [-0.15, -0.1) is 0 Å². The zero-order chi connectivity index (χ0) is 25.8. The second kappa shape index (κ2) is 13.5. The van der Waals surface area contributed by atoms with Gasteiger partial charge in [-0.05, 0) is 5.56 Å². The van der Waals surface area contributed by atoms with E-state index >= 15 is 0 Å². The summed E-state index contributed by atoms with van der Waals surface area (Å²) in [4.78, 5) is 67.2. The zero-order valence-electron chi connectivity index (χ0n) is 18.7. The first-order chi connectivity index (χ1) is 16.7. The van der Waals surface area contributed by atoms with Crippen molar-refractivity contribution in [1.29, 1.82) is 0 Å². The zero-order valence-corrected chi connectivity index (χ0v) is 18.7. The smallest absolute Gasteiger partial charge is 0.328 e. The van der Waals surface area contributed by atoms with Gasteiger partial charge in [-0.25, -0.2) is 10.3 Å². The molecule has 13 heteroatoms. The van der Waals surface area contributed by atoms with Crippen LogP contribution in [0.25, 0.3) is 0 Å². The molecule has 0 aliphatic rings. The van der Waals surface area contributed by atoms with E-state index < -0.39 is 48.2 Å². The first kappa shape index (κ1) is 27.0. The van der Waals surface area contributed by atoms with Gasteiger partial charge in [0.25, 0.3) is 5.56 Å². The molecule has 186 valence electrons. The Balaban J connectivity index is 1.95. The third-order valence-corrected chi connectivity index (χ3v) is 4.58. The Hall–Kier alpha value is -4.25. The van der Waals surface area contributed by atoms with Gasteiger partial charge >= 0.3 is 11.7 Å². The molecule has 0 aliphatic heterocycles. The third-order valence-electron chi connectivity index (χ3n) is 4.58. The number of benzene rings is 1. The van der Waals surface area contributed by atoms with Gasteiger partial charge in [-0.3, -0.25) is 33.6 Å². The molecule has 1 aromatic heterocycles. The van der Waals surface area contributed by atoms with Gasteiger partial charge in [0.05, 0.1) is 0 Å². The van der Waals surface area contributed by atoms with Gasteiger partial charge < -0.3 is 21.5 Å². The number of hydrogen-bond donors (Lipinski definition) is 5. The van der Waals surface area contributed by atoms with Crippen LogP contribution in [-0.2, 0) is 25.8 Å². The predicted octanol–water partition coefficient (Wildman–Crippen LogP) is -2.10. The number of aliphatic carboxylic acids is 1. The summed E-state index contributed by atoms with van der Waals surface area (Å²) in [6.45, 7) is -1.36. The second-order valence-electron chi connectivity index (χ2n) is 7.26. The van der Waals surface area contributed by atoms with E-state index in [-0.39, 0.29) is 31.7 Å². The van der Waals surface area contributed by atoms with Gasteiger partial charge in [0.1, 0.15) is 25.3 Å². The van der Waals surface area contributed by atoms with Crippen LogP contribution in [-0.4, -0.2) is 63.6 Å². The van der Waals surface area contributed by atoms with Crippen LogP contribution in [0, 0.1) is 11.8 Å². The van der Waals surface area contributed by atoms with Crippen LogP contribution in [0.2, 0.25) is 0 Å². The number of aromatic amines is 1. The molecule has 2 amide bonds. The molecule has 0 bridgehead atoms. The Labute approximate surface area is 199 Å². The normalized spacial score (nSPS) is 11.1. The Morgan fingerprint density at radius 3 is 2.60 bits per heavy atom. The van der Waals surface area contributed by atoms with E-state index in [1.165, 1.54) is 0 Å². The minimum Gasteiger partial charge on any atom is -0.480 e. The quantitative estimate of drug-likeness (QED) is 0.134. The van der Waals surface area contributed by atoms with Crippen molar-refractivity contribution in [3.05, 3.63) is 68.5 Å². The molecular formula is C22H26N6O7. The highest BCUT2D eigenvalue weighted by Gasteiger charge is 2.17. The first-order valence-corrected chi connectivity index (χ1v) is 10.4. The fraction of sp³-hybridized carbons (Fsp3) is 0.318. The average molecular weight is 486 g/mol. The van der Waals surface area contributed by atoms with Crippen molar-refractivity contribution in [1.82, 2.24) is 19.9 Å². The fourth-order valence-electron chi connectivity index (χ4n) is 2.92. The van der Waals surface area contributed by atoms with Crippen molar-refractivity contribution < 1.29 is 24.3 Å². The standard InChI is InChI=1S/C22H26N6O7/c23-8-9-27(14-20(31)32)19(30)13-28-12-16(21(33)25-22(28)34)7-4-10-35-26-18(29)11-17(24)15-5-2-1-3-6-15/h1-3,5-6,12,17H,8-11,13-14,23-24H2,(H,26,29)(H,31,32)(H,25,33,34). The molecule has 0 radical (unpaired) electrons. The van der Waals surface area contributed by atoms with Gasteiger partial charge in [0.15, 0.2) is 0 Å². The Kier molecular flexibility index (Phi) is 10.4. The molecule has 35 heavy (non-hydrogen) atoms. The Morgan fingerprint density at radius 1 is 1.23 bits per heavy atom. The van der Waals surface area contributed by atoms with Crippen LogP contribution in [0.5, 0.6) is 0 Å². The van der Waals surface area contributed by atoms with Crippen LogP contribution in [0.4, 0.5) is 0 Å². The molecule has 0 spiro atoms. The lowest BCUT2D eigenvalue weighted by Gasteiger charge is -2.20. The van der Waals surface area contributed by atoms with Crippen LogP contribution >= 0.6 is 0 Å². The lowest BCUT2D eigenvalue weighted by atomic mass is 10.1. The van der Waals surface area contributed by atoms with Crippen molar-refractivity contribution in [2.45, 2.75) is 19.0 Å². The maximum Gasteiger partial charge on any atom is 0.328 e. The molecule has 0 aliphatic carbocycles. The summed E-state index contributed by atoms with van der Waals surface area (Å²) in [5, 5.41) is 8.92. The molecule has 13 nitrogen and oxygen atoms in total. The number of hydrogen-bond acceptors (Lipinski definition) is 8. The van der Waals surface area contributed by atoms with Crippen molar-refractivity contribution in [2.75, 3.05) is 26.2 Å². The molecule has 1 atom stereocenters. The monoisotopic (exact) mass is 486 g/mol. The van der Waals surface area contributed by atoms with Crippen LogP contribution in [0.15, 0.2) is 46.1 Å². The fourth-order valence-corrected chi connectivity index (χ4v) is 2.92. The summed E-state index contributed by atoms with van der Waals surface area (Å²) in [7, 11) is 0. The van der Waals surface area contributed by atoms with E-state index in [4.69, 9.17) is 21.4 Å². The molecule has 1 heterocycles. The predicted molar refractivity (Wildman–Crippen MR) is 124 cm³/mol. The summed E-state index contributed by atoms with van der Waals surface area (Å²) in [5.74, 6) is 2.62. The van der Waals surface area contributed by atoms with E-state index in [9.17, 15) is 24.0 Å². The molecule has 0 fully saturated rings.